The molecule has 0 saturated heterocycles. The first-order valence-corrected chi connectivity index (χ1v) is 11.4. The number of guanidine groups is 1. The molecule has 0 aliphatic heterocycles. The first-order chi connectivity index (χ1) is 13.9. The van der Waals surface area contributed by atoms with Gasteiger partial charge in [-0.05, 0) is 19.4 Å². The molecule has 0 bridgehead atoms. The van der Waals surface area contributed by atoms with E-state index >= 15 is 0 Å². The zero-order valence-electron chi connectivity index (χ0n) is 16.6. The second-order valence-electron chi connectivity index (χ2n) is 5.85. The van der Waals surface area contributed by atoms with Crippen molar-refractivity contribution in [2.45, 2.75) is 31.7 Å². The summed E-state index contributed by atoms with van der Waals surface area (Å²) in [5.74, 6) is 0.551. The lowest BCUT2D eigenvalue weighted by Gasteiger charge is -2.12. The lowest BCUT2D eigenvalue weighted by atomic mass is 10.3. The van der Waals surface area contributed by atoms with Crippen LogP contribution in [-0.4, -0.2) is 43.9 Å². The molecule has 0 atom stereocenters. The molecule has 0 unspecified atom stereocenters. The Bertz CT molecular complexity index is 965. The van der Waals surface area contributed by atoms with Crippen LogP contribution < -0.4 is 15.4 Å². The summed E-state index contributed by atoms with van der Waals surface area (Å²) < 4.78 is 27.0. The highest BCUT2D eigenvalue weighted by atomic mass is 127. The molecular formula is C17H25IN6O4S2. The van der Waals surface area contributed by atoms with E-state index in [0.29, 0.717) is 19.0 Å². The molecule has 166 valence electrons. The van der Waals surface area contributed by atoms with Gasteiger partial charge in [0.2, 0.25) is 10.0 Å². The van der Waals surface area contributed by atoms with E-state index in [1.54, 1.807) is 11.3 Å². The van der Waals surface area contributed by atoms with Gasteiger partial charge in [0, 0.05) is 42.8 Å². The summed E-state index contributed by atoms with van der Waals surface area (Å²) in [6.07, 6.45) is 2.78. The van der Waals surface area contributed by atoms with Crippen LogP contribution in [0.15, 0.2) is 40.4 Å². The summed E-state index contributed by atoms with van der Waals surface area (Å²) in [5, 5.41) is 17.9. The zero-order valence-corrected chi connectivity index (χ0v) is 20.6. The second kappa shape index (κ2) is 12.8. The van der Waals surface area contributed by atoms with Crippen molar-refractivity contribution in [3.63, 3.8) is 0 Å². The Hall–Kier alpha value is -1.84. The number of nitro groups is 1. The molecule has 13 heteroatoms. The number of benzene rings is 1. The summed E-state index contributed by atoms with van der Waals surface area (Å²) in [4.78, 5) is 20.0. The Morgan fingerprint density at radius 1 is 1.27 bits per heavy atom. The zero-order chi connectivity index (χ0) is 21.3. The van der Waals surface area contributed by atoms with E-state index in [1.807, 2.05) is 13.1 Å². The molecule has 2 rings (SSSR count). The van der Waals surface area contributed by atoms with E-state index in [-0.39, 0.29) is 47.6 Å². The fourth-order valence-corrected chi connectivity index (χ4v) is 4.14. The van der Waals surface area contributed by atoms with Crippen molar-refractivity contribution in [3.8, 4) is 0 Å². The van der Waals surface area contributed by atoms with E-state index in [9.17, 15) is 18.5 Å². The quantitative estimate of drug-likeness (QED) is 0.0999. The summed E-state index contributed by atoms with van der Waals surface area (Å²) in [7, 11) is -3.85. The van der Waals surface area contributed by atoms with E-state index in [4.69, 9.17) is 0 Å². The standard InChI is InChI=1S/C17H24N6O4S2.HI/c1-3-14-11-20-16(28-14)12-21-17(18-4-2)19-8-9-22-29(26,27)15-7-5-6-13(10-15)23(24)25;/h5-7,10-11,22H,3-4,8-9,12H2,1-2H3,(H2,18,19,21);1H. The third kappa shape index (κ3) is 8.12. The van der Waals surface area contributed by atoms with Crippen molar-refractivity contribution in [2.24, 2.45) is 4.99 Å². The third-order valence-corrected chi connectivity index (χ3v) is 6.30. The predicted octanol–water partition coefficient (Wildman–Crippen LogP) is 2.27. The first kappa shape index (κ1) is 26.2. The number of aliphatic imine (C=N–C) groups is 1. The minimum Gasteiger partial charge on any atom is -0.357 e. The number of halogens is 1. The van der Waals surface area contributed by atoms with Crippen molar-refractivity contribution in [2.75, 3.05) is 19.6 Å². The number of thiazole rings is 1. The van der Waals surface area contributed by atoms with Gasteiger partial charge in [0.15, 0.2) is 5.96 Å². The van der Waals surface area contributed by atoms with Gasteiger partial charge in [0.05, 0.1) is 16.4 Å². The number of aromatic nitrogens is 1. The van der Waals surface area contributed by atoms with Crippen LogP contribution in [0.5, 0.6) is 0 Å². The molecule has 2 aromatic rings. The maximum absolute atomic E-state index is 12.3. The highest BCUT2D eigenvalue weighted by Crippen LogP contribution is 2.17. The van der Waals surface area contributed by atoms with Crippen LogP contribution in [0.3, 0.4) is 0 Å². The SMILES string of the molecule is CCNC(=NCc1ncc(CC)s1)NCCNS(=O)(=O)c1cccc([N+](=O)[O-])c1.I. The number of nitrogens with zero attached hydrogens (tertiary/aromatic N) is 3. The van der Waals surface area contributed by atoms with Crippen LogP contribution in [0.4, 0.5) is 5.69 Å². The first-order valence-electron chi connectivity index (χ1n) is 9.05. The van der Waals surface area contributed by atoms with E-state index in [2.05, 4.69) is 32.3 Å². The molecule has 0 saturated carbocycles. The molecule has 3 N–H and O–H groups in total. The molecule has 0 aliphatic rings. The Balaban J connectivity index is 0.00000450. The summed E-state index contributed by atoms with van der Waals surface area (Å²) in [6.45, 7) is 5.47. The number of nitro benzene ring substituents is 1. The van der Waals surface area contributed by atoms with Crippen molar-refractivity contribution in [1.82, 2.24) is 20.3 Å². The molecule has 1 aromatic carbocycles. The fraction of sp³-hybridized carbons (Fsp3) is 0.412. The fourth-order valence-electron chi connectivity index (χ4n) is 2.29. The van der Waals surface area contributed by atoms with E-state index in [0.717, 1.165) is 17.5 Å². The molecule has 10 nitrogen and oxygen atoms in total. The van der Waals surface area contributed by atoms with Crippen molar-refractivity contribution in [1.29, 1.82) is 0 Å². The number of aryl methyl sites for hydroxylation is 1. The molecule has 0 fully saturated rings. The maximum atomic E-state index is 12.3. The summed E-state index contributed by atoms with van der Waals surface area (Å²) in [6, 6.07) is 4.92. The Labute approximate surface area is 196 Å². The molecule has 1 heterocycles. The average molecular weight is 568 g/mol. The molecule has 1 aromatic heterocycles. The number of hydrogen-bond acceptors (Lipinski definition) is 7. The largest absolute Gasteiger partial charge is 0.357 e. The number of hydrogen-bond donors (Lipinski definition) is 3. The van der Waals surface area contributed by atoms with Gasteiger partial charge in [0.25, 0.3) is 5.69 Å². The average Bonchev–Trinajstić information content (AvgIpc) is 3.17. The van der Waals surface area contributed by atoms with Gasteiger partial charge in [-0.25, -0.2) is 23.1 Å². The predicted molar refractivity (Wildman–Crippen MR) is 128 cm³/mol. The molecule has 0 spiro atoms. The topological polar surface area (TPSA) is 139 Å². The lowest BCUT2D eigenvalue weighted by molar-refractivity contribution is -0.385. The molecule has 30 heavy (non-hydrogen) atoms. The van der Waals surface area contributed by atoms with Gasteiger partial charge in [-0.3, -0.25) is 10.1 Å². The summed E-state index contributed by atoms with van der Waals surface area (Å²) >= 11 is 1.61. The minimum atomic E-state index is -3.85. The minimum absolute atomic E-state index is 0. The third-order valence-electron chi connectivity index (χ3n) is 3.71. The Morgan fingerprint density at radius 3 is 2.67 bits per heavy atom. The normalized spacial score (nSPS) is 11.6. The maximum Gasteiger partial charge on any atom is 0.270 e. The van der Waals surface area contributed by atoms with Crippen molar-refractivity contribution >= 4 is 57.0 Å². The Morgan fingerprint density at radius 2 is 2.03 bits per heavy atom. The van der Waals surface area contributed by atoms with Gasteiger partial charge < -0.3 is 10.6 Å². The van der Waals surface area contributed by atoms with Crippen LogP contribution in [0.1, 0.15) is 23.7 Å². The van der Waals surface area contributed by atoms with Crippen LogP contribution in [-0.2, 0) is 23.0 Å². The van der Waals surface area contributed by atoms with Gasteiger partial charge >= 0.3 is 0 Å². The van der Waals surface area contributed by atoms with Crippen LogP contribution in [0, 0.1) is 10.1 Å². The second-order valence-corrected chi connectivity index (χ2v) is 8.81. The monoisotopic (exact) mass is 568 g/mol. The molecule has 0 aliphatic carbocycles. The number of non-ortho nitro benzene ring substituents is 1. The number of nitrogens with one attached hydrogen (secondary N) is 3. The van der Waals surface area contributed by atoms with Crippen molar-refractivity contribution < 1.29 is 13.3 Å². The van der Waals surface area contributed by atoms with Gasteiger partial charge in [0.1, 0.15) is 5.01 Å². The molecule has 0 amide bonds. The van der Waals surface area contributed by atoms with Crippen LogP contribution in [0.2, 0.25) is 0 Å². The molecular weight excluding hydrogens is 543 g/mol. The Kier molecular flexibility index (Phi) is 11.1. The smallest absolute Gasteiger partial charge is 0.270 e. The van der Waals surface area contributed by atoms with Gasteiger partial charge in [-0.15, -0.1) is 35.3 Å². The number of rotatable bonds is 10. The van der Waals surface area contributed by atoms with E-state index in [1.165, 1.54) is 23.1 Å². The highest BCUT2D eigenvalue weighted by molar-refractivity contribution is 14.0. The van der Waals surface area contributed by atoms with Gasteiger partial charge in [-0.1, -0.05) is 13.0 Å². The molecule has 0 radical (unpaired) electrons. The highest BCUT2D eigenvalue weighted by Gasteiger charge is 2.17. The van der Waals surface area contributed by atoms with E-state index < -0.39 is 14.9 Å². The summed E-state index contributed by atoms with van der Waals surface area (Å²) in [5.41, 5.74) is -0.277. The number of sulfonamides is 1. The lowest BCUT2D eigenvalue weighted by Crippen LogP contribution is -2.41. The van der Waals surface area contributed by atoms with Gasteiger partial charge in [-0.2, -0.15) is 0 Å². The van der Waals surface area contributed by atoms with Crippen molar-refractivity contribution in [3.05, 3.63) is 50.5 Å². The van der Waals surface area contributed by atoms with Crippen LogP contribution >= 0.6 is 35.3 Å². The van der Waals surface area contributed by atoms with Crippen LogP contribution in [0.25, 0.3) is 0 Å².